The van der Waals surface area contributed by atoms with Crippen molar-refractivity contribution in [2.75, 3.05) is 33.3 Å². The van der Waals surface area contributed by atoms with Crippen molar-refractivity contribution >= 4 is 17.4 Å². The number of carbonyl (C=O) groups is 2. The fourth-order valence-corrected chi connectivity index (χ4v) is 4.13. The van der Waals surface area contributed by atoms with E-state index in [1.165, 1.54) is 24.1 Å². The zero-order valence-corrected chi connectivity index (χ0v) is 18.9. The minimum atomic E-state index is -0.790. The van der Waals surface area contributed by atoms with Crippen molar-refractivity contribution < 1.29 is 23.8 Å². The highest BCUT2D eigenvalue weighted by Crippen LogP contribution is 2.41. The summed E-state index contributed by atoms with van der Waals surface area (Å²) in [6.45, 7) is 8.50. The normalized spacial score (nSPS) is 17.9. The number of aryl methyl sites for hydroxylation is 1. The SMILES string of the molecule is CCN(CC)CCN1C(=O)C(=O)/C(=C(/O)c2cc(F)ccc2OC)C1c1ccccc1C. The molecular formula is C25H29FN2O4. The number of carbonyl (C=O) groups excluding carboxylic acids is 2. The van der Waals surface area contributed by atoms with Crippen LogP contribution in [-0.4, -0.2) is 59.9 Å². The molecule has 1 amide bonds. The van der Waals surface area contributed by atoms with Crippen LogP contribution in [0.3, 0.4) is 0 Å². The Balaban J connectivity index is 2.18. The van der Waals surface area contributed by atoms with Crippen LogP contribution in [0.25, 0.3) is 5.76 Å². The maximum Gasteiger partial charge on any atom is 0.295 e. The summed E-state index contributed by atoms with van der Waals surface area (Å²) in [5.74, 6) is -2.29. The van der Waals surface area contributed by atoms with Crippen molar-refractivity contribution in [3.05, 3.63) is 70.5 Å². The number of ether oxygens (including phenoxy) is 1. The Morgan fingerprint density at radius 2 is 1.84 bits per heavy atom. The van der Waals surface area contributed by atoms with E-state index in [0.717, 1.165) is 30.3 Å². The van der Waals surface area contributed by atoms with Crippen LogP contribution in [0, 0.1) is 12.7 Å². The fraction of sp³-hybridized carbons (Fsp3) is 0.360. The monoisotopic (exact) mass is 440 g/mol. The van der Waals surface area contributed by atoms with Gasteiger partial charge in [0.25, 0.3) is 11.7 Å². The highest BCUT2D eigenvalue weighted by molar-refractivity contribution is 6.46. The lowest BCUT2D eigenvalue weighted by Gasteiger charge is -2.29. The van der Waals surface area contributed by atoms with Gasteiger partial charge in [-0.25, -0.2) is 4.39 Å². The molecule has 1 saturated heterocycles. The van der Waals surface area contributed by atoms with Crippen LogP contribution in [0.1, 0.15) is 36.6 Å². The van der Waals surface area contributed by atoms with E-state index in [4.69, 9.17) is 4.74 Å². The van der Waals surface area contributed by atoms with E-state index >= 15 is 0 Å². The second kappa shape index (κ2) is 9.96. The third-order valence-electron chi connectivity index (χ3n) is 5.99. The van der Waals surface area contributed by atoms with E-state index in [1.807, 2.05) is 45.0 Å². The number of benzene rings is 2. The molecule has 2 aromatic carbocycles. The Morgan fingerprint density at radius 3 is 2.47 bits per heavy atom. The number of halogens is 1. The maximum atomic E-state index is 14.0. The van der Waals surface area contributed by atoms with Crippen molar-refractivity contribution in [2.45, 2.75) is 26.8 Å². The maximum absolute atomic E-state index is 14.0. The van der Waals surface area contributed by atoms with E-state index < -0.39 is 29.3 Å². The lowest BCUT2D eigenvalue weighted by atomic mass is 9.92. The van der Waals surface area contributed by atoms with Gasteiger partial charge in [-0.05, 0) is 49.3 Å². The largest absolute Gasteiger partial charge is 0.507 e. The third-order valence-corrected chi connectivity index (χ3v) is 5.99. The molecule has 170 valence electrons. The van der Waals surface area contributed by atoms with Crippen molar-refractivity contribution in [2.24, 2.45) is 0 Å². The Bertz CT molecular complexity index is 1050. The van der Waals surface area contributed by atoms with Crippen LogP contribution in [0.5, 0.6) is 5.75 Å². The van der Waals surface area contributed by atoms with Gasteiger partial charge in [0.1, 0.15) is 17.3 Å². The summed E-state index contributed by atoms with van der Waals surface area (Å²) in [6.07, 6.45) is 0. The summed E-state index contributed by atoms with van der Waals surface area (Å²) >= 11 is 0. The van der Waals surface area contributed by atoms with Gasteiger partial charge in [-0.15, -0.1) is 0 Å². The Kier molecular flexibility index (Phi) is 7.30. The van der Waals surface area contributed by atoms with Gasteiger partial charge in [-0.1, -0.05) is 38.1 Å². The number of Topliss-reactive ketones (excluding diaryl/α,β-unsaturated/α-hetero) is 1. The van der Waals surface area contributed by atoms with Crippen LogP contribution < -0.4 is 4.74 Å². The minimum absolute atomic E-state index is 0.0350. The van der Waals surface area contributed by atoms with Gasteiger partial charge in [-0.3, -0.25) is 9.59 Å². The first-order chi connectivity index (χ1) is 15.3. The number of hydrogen-bond donors (Lipinski definition) is 1. The first kappa shape index (κ1) is 23.5. The average molecular weight is 441 g/mol. The Morgan fingerprint density at radius 1 is 1.16 bits per heavy atom. The quantitative estimate of drug-likeness (QED) is 0.383. The molecule has 7 heteroatoms. The van der Waals surface area contributed by atoms with E-state index in [9.17, 15) is 19.1 Å². The standard InChI is InChI=1S/C25H29FN2O4/c1-5-27(6-2)13-14-28-22(18-10-8-7-9-16(18)3)21(24(30)25(28)31)23(29)19-15-17(26)11-12-20(19)32-4/h7-12,15,22,29H,5-6,13-14H2,1-4H3/b23-21+. The van der Waals surface area contributed by atoms with Gasteiger partial charge in [0, 0.05) is 13.1 Å². The van der Waals surface area contributed by atoms with E-state index in [0.29, 0.717) is 13.1 Å². The average Bonchev–Trinajstić information content (AvgIpc) is 3.04. The van der Waals surface area contributed by atoms with Crippen LogP contribution >= 0.6 is 0 Å². The molecule has 1 fully saturated rings. The summed E-state index contributed by atoms with van der Waals surface area (Å²) in [5.41, 5.74) is 1.59. The van der Waals surface area contributed by atoms with Crippen LogP contribution in [0.4, 0.5) is 4.39 Å². The zero-order valence-electron chi connectivity index (χ0n) is 18.9. The van der Waals surface area contributed by atoms with Crippen LogP contribution in [0.15, 0.2) is 48.0 Å². The smallest absolute Gasteiger partial charge is 0.295 e. The van der Waals surface area contributed by atoms with Gasteiger partial charge < -0.3 is 19.6 Å². The number of amides is 1. The Hall–Kier alpha value is -3.19. The van der Waals surface area contributed by atoms with E-state index in [1.54, 1.807) is 0 Å². The van der Waals surface area contributed by atoms with Gasteiger partial charge in [0.15, 0.2) is 0 Å². The lowest BCUT2D eigenvalue weighted by Crippen LogP contribution is -2.38. The topological polar surface area (TPSA) is 70.1 Å². The molecule has 0 aromatic heterocycles. The van der Waals surface area contributed by atoms with Gasteiger partial charge in [-0.2, -0.15) is 0 Å². The molecule has 1 aliphatic heterocycles. The summed E-state index contributed by atoms with van der Waals surface area (Å²) in [4.78, 5) is 29.9. The van der Waals surface area contributed by atoms with E-state index in [-0.39, 0.29) is 16.9 Å². The first-order valence-corrected chi connectivity index (χ1v) is 10.7. The van der Waals surface area contributed by atoms with Crippen molar-refractivity contribution in [1.82, 2.24) is 9.80 Å². The molecule has 2 aromatic rings. The van der Waals surface area contributed by atoms with Gasteiger partial charge in [0.2, 0.25) is 0 Å². The number of ketones is 1. The minimum Gasteiger partial charge on any atom is -0.507 e. The molecule has 1 atom stereocenters. The molecule has 1 N–H and O–H groups in total. The molecule has 0 radical (unpaired) electrons. The molecule has 0 saturated carbocycles. The molecule has 0 aliphatic carbocycles. The second-order valence-electron chi connectivity index (χ2n) is 7.72. The van der Waals surface area contributed by atoms with Crippen molar-refractivity contribution in [3.63, 3.8) is 0 Å². The van der Waals surface area contributed by atoms with Gasteiger partial charge in [0.05, 0.1) is 24.3 Å². The predicted octanol–water partition coefficient (Wildman–Crippen LogP) is 3.91. The summed E-state index contributed by atoms with van der Waals surface area (Å²) < 4.78 is 19.3. The summed E-state index contributed by atoms with van der Waals surface area (Å²) in [6, 6.07) is 10.3. The predicted molar refractivity (Wildman–Crippen MR) is 121 cm³/mol. The number of nitrogens with zero attached hydrogens (tertiary/aromatic N) is 2. The third kappa shape index (κ3) is 4.39. The number of likely N-dealkylation sites (N-methyl/N-ethyl adjacent to an activating group) is 1. The number of likely N-dealkylation sites (tertiary alicyclic amines) is 1. The molecule has 3 rings (SSSR count). The number of methoxy groups -OCH3 is 1. The molecule has 1 aliphatic rings. The molecule has 32 heavy (non-hydrogen) atoms. The molecule has 6 nitrogen and oxygen atoms in total. The van der Waals surface area contributed by atoms with Crippen molar-refractivity contribution in [3.8, 4) is 5.75 Å². The number of aliphatic hydroxyl groups excluding tert-OH is 1. The molecule has 1 unspecified atom stereocenters. The van der Waals surface area contributed by atoms with E-state index in [2.05, 4.69) is 4.90 Å². The van der Waals surface area contributed by atoms with Crippen LogP contribution in [0.2, 0.25) is 0 Å². The molecule has 0 bridgehead atoms. The number of hydrogen-bond acceptors (Lipinski definition) is 5. The van der Waals surface area contributed by atoms with Crippen LogP contribution in [-0.2, 0) is 9.59 Å². The molecule has 1 heterocycles. The highest BCUT2D eigenvalue weighted by Gasteiger charge is 2.46. The number of rotatable bonds is 8. The first-order valence-electron chi connectivity index (χ1n) is 10.7. The zero-order chi connectivity index (χ0) is 23.4. The molecule has 0 spiro atoms. The lowest BCUT2D eigenvalue weighted by molar-refractivity contribution is -0.140. The Labute approximate surface area is 187 Å². The highest BCUT2D eigenvalue weighted by atomic mass is 19.1. The summed E-state index contributed by atoms with van der Waals surface area (Å²) in [7, 11) is 1.39. The molecular weight excluding hydrogens is 411 g/mol. The van der Waals surface area contributed by atoms with Gasteiger partial charge >= 0.3 is 0 Å². The van der Waals surface area contributed by atoms with Crippen molar-refractivity contribution in [1.29, 1.82) is 0 Å². The summed E-state index contributed by atoms with van der Waals surface area (Å²) in [5, 5.41) is 11.2. The fourth-order valence-electron chi connectivity index (χ4n) is 4.13. The number of aliphatic hydroxyl groups is 1. The second-order valence-corrected chi connectivity index (χ2v) is 7.72.